The van der Waals surface area contributed by atoms with Gasteiger partial charge in [0.05, 0.1) is 11.2 Å². The molecule has 5 heteroatoms. The lowest BCUT2D eigenvalue weighted by Gasteiger charge is -2.13. The number of rotatable bonds is 4. The minimum Gasteiger partial charge on any atom is -0.354 e. The van der Waals surface area contributed by atoms with Crippen LogP contribution >= 0.6 is 0 Å². The average Bonchev–Trinajstić information content (AvgIpc) is 3.65. The molecule has 0 unspecified atom stereocenters. The SMILES string of the molecule is c1ccc(-c2cc(-c3cccc(-n4c5ncccc5c5cccnc54)n3)cc(-c3cccc4c3[nH]c3ccccc34)c2)cc1. The van der Waals surface area contributed by atoms with Gasteiger partial charge in [-0.1, -0.05) is 72.8 Å². The van der Waals surface area contributed by atoms with Crippen molar-refractivity contribution in [1.29, 1.82) is 0 Å². The fourth-order valence-electron chi connectivity index (χ4n) is 6.44. The first-order chi connectivity index (χ1) is 21.8. The third-order valence-electron chi connectivity index (χ3n) is 8.44. The predicted octanol–water partition coefficient (Wildman–Crippen LogP) is 9.60. The Balaban J connectivity index is 1.27. The van der Waals surface area contributed by atoms with Crippen LogP contribution in [0.15, 0.2) is 146 Å². The zero-order valence-corrected chi connectivity index (χ0v) is 23.6. The van der Waals surface area contributed by atoms with Gasteiger partial charge in [-0.3, -0.25) is 4.57 Å². The number of hydrogen-bond donors (Lipinski definition) is 1. The number of nitrogens with one attached hydrogen (secondary N) is 1. The molecular formula is C39H25N5. The lowest BCUT2D eigenvalue weighted by atomic mass is 9.94. The first-order valence-electron chi connectivity index (χ1n) is 14.7. The molecule has 0 saturated carbocycles. The van der Waals surface area contributed by atoms with Crippen LogP contribution in [-0.4, -0.2) is 24.5 Å². The third kappa shape index (κ3) is 3.83. The molecule has 4 aromatic carbocycles. The van der Waals surface area contributed by atoms with Crippen molar-refractivity contribution in [1.82, 2.24) is 24.5 Å². The number of hydrogen-bond acceptors (Lipinski definition) is 3. The first kappa shape index (κ1) is 24.5. The van der Waals surface area contributed by atoms with Crippen LogP contribution in [0, 0.1) is 0 Å². The van der Waals surface area contributed by atoms with E-state index in [1.165, 1.54) is 10.8 Å². The number of aromatic amines is 1. The van der Waals surface area contributed by atoms with Crippen molar-refractivity contribution in [3.63, 3.8) is 0 Å². The fraction of sp³-hybridized carbons (Fsp3) is 0. The van der Waals surface area contributed by atoms with Crippen molar-refractivity contribution in [3.05, 3.63) is 146 Å². The lowest BCUT2D eigenvalue weighted by Crippen LogP contribution is -2.00. The van der Waals surface area contributed by atoms with Crippen LogP contribution in [0.1, 0.15) is 0 Å². The summed E-state index contributed by atoms with van der Waals surface area (Å²) in [4.78, 5) is 18.4. The van der Waals surface area contributed by atoms with Crippen LogP contribution in [0.5, 0.6) is 0 Å². The number of para-hydroxylation sites is 2. The predicted molar refractivity (Wildman–Crippen MR) is 180 cm³/mol. The molecule has 0 bridgehead atoms. The molecule has 0 aliphatic rings. The Labute approximate surface area is 253 Å². The van der Waals surface area contributed by atoms with E-state index in [9.17, 15) is 0 Å². The quantitative estimate of drug-likeness (QED) is 0.232. The molecule has 206 valence electrons. The second kappa shape index (κ2) is 9.75. The van der Waals surface area contributed by atoms with E-state index in [1.807, 2.05) is 30.6 Å². The van der Waals surface area contributed by atoms with E-state index in [2.05, 4.69) is 125 Å². The molecule has 0 aliphatic carbocycles. The van der Waals surface area contributed by atoms with Crippen LogP contribution in [0.2, 0.25) is 0 Å². The Morgan fingerprint density at radius 1 is 0.477 bits per heavy atom. The largest absolute Gasteiger partial charge is 0.354 e. The molecule has 5 nitrogen and oxygen atoms in total. The normalized spacial score (nSPS) is 11.6. The van der Waals surface area contributed by atoms with E-state index in [0.29, 0.717) is 0 Å². The molecule has 9 aromatic rings. The summed E-state index contributed by atoms with van der Waals surface area (Å²) in [7, 11) is 0. The van der Waals surface area contributed by atoms with Crippen LogP contribution in [0.25, 0.3) is 83.2 Å². The van der Waals surface area contributed by atoms with Gasteiger partial charge in [0, 0.05) is 50.6 Å². The second-order valence-corrected chi connectivity index (χ2v) is 11.0. The van der Waals surface area contributed by atoms with Crippen molar-refractivity contribution in [2.75, 3.05) is 0 Å². The summed E-state index contributed by atoms with van der Waals surface area (Å²) >= 11 is 0. The standard InChI is InChI=1S/C39H25N5/c1-2-10-25(11-3-1)26-22-27(29-13-6-14-31-30-12-4-5-17-35(30)43-37(29)31)24-28(23-26)34-18-7-19-36(42-34)44-38-32(15-8-20-40-38)33-16-9-21-41-39(33)44/h1-24,43H. The molecule has 1 N–H and O–H groups in total. The molecule has 0 atom stereocenters. The number of nitrogens with zero attached hydrogens (tertiary/aromatic N) is 4. The molecule has 0 saturated heterocycles. The van der Waals surface area contributed by atoms with E-state index in [1.54, 1.807) is 0 Å². The molecule has 9 rings (SSSR count). The maximum Gasteiger partial charge on any atom is 0.147 e. The Bertz CT molecular complexity index is 2450. The van der Waals surface area contributed by atoms with Gasteiger partial charge in [-0.2, -0.15) is 0 Å². The molecule has 0 fully saturated rings. The van der Waals surface area contributed by atoms with Crippen molar-refractivity contribution in [2.24, 2.45) is 0 Å². The lowest BCUT2D eigenvalue weighted by molar-refractivity contribution is 1.04. The highest BCUT2D eigenvalue weighted by Gasteiger charge is 2.17. The van der Waals surface area contributed by atoms with Crippen LogP contribution in [0.3, 0.4) is 0 Å². The molecule has 44 heavy (non-hydrogen) atoms. The van der Waals surface area contributed by atoms with Gasteiger partial charge in [0.2, 0.25) is 0 Å². The second-order valence-electron chi connectivity index (χ2n) is 11.0. The smallest absolute Gasteiger partial charge is 0.147 e. The molecule has 0 spiro atoms. The summed E-state index contributed by atoms with van der Waals surface area (Å²) < 4.78 is 2.06. The highest BCUT2D eigenvalue weighted by molar-refractivity contribution is 6.12. The number of aromatic nitrogens is 5. The number of fused-ring (bicyclic) bond motifs is 6. The first-order valence-corrected chi connectivity index (χ1v) is 14.7. The van der Waals surface area contributed by atoms with E-state index < -0.39 is 0 Å². The monoisotopic (exact) mass is 563 g/mol. The summed E-state index contributed by atoms with van der Waals surface area (Å²) in [6.45, 7) is 0. The Hall–Kier alpha value is -6.07. The minimum absolute atomic E-state index is 0.782. The maximum atomic E-state index is 5.23. The zero-order valence-electron chi connectivity index (χ0n) is 23.6. The van der Waals surface area contributed by atoms with Crippen molar-refractivity contribution >= 4 is 43.9 Å². The summed E-state index contributed by atoms with van der Waals surface area (Å²) in [5, 5.41) is 4.56. The number of H-pyrrole nitrogens is 1. The average molecular weight is 564 g/mol. The number of pyridine rings is 3. The van der Waals surface area contributed by atoms with Crippen LogP contribution in [0.4, 0.5) is 0 Å². The maximum absolute atomic E-state index is 5.23. The van der Waals surface area contributed by atoms with E-state index in [4.69, 9.17) is 15.0 Å². The van der Waals surface area contributed by atoms with Gasteiger partial charge in [-0.15, -0.1) is 0 Å². The highest BCUT2D eigenvalue weighted by Crippen LogP contribution is 2.38. The van der Waals surface area contributed by atoms with Gasteiger partial charge in [0.1, 0.15) is 17.1 Å². The molecule has 0 aliphatic heterocycles. The van der Waals surface area contributed by atoms with Crippen LogP contribution < -0.4 is 0 Å². The molecule has 0 amide bonds. The van der Waals surface area contributed by atoms with E-state index >= 15 is 0 Å². The summed E-state index contributed by atoms with van der Waals surface area (Å²) in [6.07, 6.45) is 3.64. The van der Waals surface area contributed by atoms with Gasteiger partial charge >= 0.3 is 0 Å². The van der Waals surface area contributed by atoms with Gasteiger partial charge in [-0.05, 0) is 77.4 Å². The molecule has 5 aromatic heterocycles. The van der Waals surface area contributed by atoms with Gasteiger partial charge < -0.3 is 4.98 Å². The third-order valence-corrected chi connectivity index (χ3v) is 8.44. The van der Waals surface area contributed by atoms with E-state index in [-0.39, 0.29) is 0 Å². The summed E-state index contributed by atoms with van der Waals surface area (Å²) in [6, 6.07) is 46.6. The molecule has 0 radical (unpaired) electrons. The van der Waals surface area contributed by atoms with Crippen molar-refractivity contribution in [3.8, 4) is 39.3 Å². The van der Waals surface area contributed by atoms with Gasteiger partial charge in [-0.25, -0.2) is 15.0 Å². The molecular weight excluding hydrogens is 538 g/mol. The topological polar surface area (TPSA) is 59.4 Å². The van der Waals surface area contributed by atoms with Crippen molar-refractivity contribution in [2.45, 2.75) is 0 Å². The van der Waals surface area contributed by atoms with Crippen LogP contribution in [-0.2, 0) is 0 Å². The van der Waals surface area contributed by atoms with E-state index in [0.717, 1.165) is 72.4 Å². The van der Waals surface area contributed by atoms with Crippen molar-refractivity contribution < 1.29 is 0 Å². The Morgan fingerprint density at radius 3 is 1.95 bits per heavy atom. The van der Waals surface area contributed by atoms with Gasteiger partial charge in [0.25, 0.3) is 0 Å². The minimum atomic E-state index is 0.782. The number of benzene rings is 4. The Kier molecular flexibility index (Phi) is 5.43. The zero-order chi connectivity index (χ0) is 29.0. The fourth-order valence-corrected chi connectivity index (χ4v) is 6.44. The highest BCUT2D eigenvalue weighted by atomic mass is 15.1. The summed E-state index contributed by atoms with van der Waals surface area (Å²) in [5.41, 5.74) is 10.5. The Morgan fingerprint density at radius 2 is 1.14 bits per heavy atom. The summed E-state index contributed by atoms with van der Waals surface area (Å²) in [5.74, 6) is 0.782. The van der Waals surface area contributed by atoms with Gasteiger partial charge in [0.15, 0.2) is 0 Å². The molecule has 5 heterocycles.